The number of nitrogens with zero attached hydrogens (tertiary/aromatic N) is 1. The molecule has 2 rings (SSSR count). The predicted octanol–water partition coefficient (Wildman–Crippen LogP) is 1.58. The lowest BCUT2D eigenvalue weighted by Crippen LogP contribution is -2.47. The largest absolute Gasteiger partial charge is 0.463 e. The minimum Gasteiger partial charge on any atom is -0.463 e. The summed E-state index contributed by atoms with van der Waals surface area (Å²) >= 11 is 0. The SMILES string of the molecule is Cc1ccc(C(C)(O)CNC(=O)NCC(C)N(C)C2CC2)o1. The van der Waals surface area contributed by atoms with E-state index in [1.807, 2.05) is 6.92 Å². The lowest BCUT2D eigenvalue weighted by atomic mass is 10.0. The van der Waals surface area contributed by atoms with Gasteiger partial charge >= 0.3 is 6.03 Å². The van der Waals surface area contributed by atoms with E-state index in [0.717, 1.165) is 5.76 Å². The molecule has 1 fully saturated rings. The zero-order valence-corrected chi connectivity index (χ0v) is 13.8. The molecule has 0 aliphatic heterocycles. The average Bonchev–Trinajstić information content (AvgIpc) is 3.23. The van der Waals surface area contributed by atoms with E-state index in [1.54, 1.807) is 19.1 Å². The van der Waals surface area contributed by atoms with Gasteiger partial charge in [-0.15, -0.1) is 0 Å². The molecular weight excluding hydrogens is 282 g/mol. The van der Waals surface area contributed by atoms with Gasteiger partial charge in [0.25, 0.3) is 0 Å². The van der Waals surface area contributed by atoms with Crippen molar-refractivity contribution in [2.45, 2.75) is 51.3 Å². The number of likely N-dealkylation sites (N-methyl/N-ethyl adjacent to an activating group) is 1. The fraction of sp³-hybridized carbons (Fsp3) is 0.688. The first-order valence-corrected chi connectivity index (χ1v) is 7.82. The molecule has 0 aromatic carbocycles. The Labute approximate surface area is 131 Å². The van der Waals surface area contributed by atoms with Crippen molar-refractivity contribution < 1.29 is 14.3 Å². The quantitative estimate of drug-likeness (QED) is 0.714. The van der Waals surface area contributed by atoms with Crippen molar-refractivity contribution >= 4 is 6.03 Å². The maximum absolute atomic E-state index is 11.9. The molecule has 2 atom stereocenters. The van der Waals surface area contributed by atoms with E-state index in [-0.39, 0.29) is 12.6 Å². The minimum atomic E-state index is -1.22. The van der Waals surface area contributed by atoms with Crippen molar-refractivity contribution in [1.29, 1.82) is 0 Å². The third-order valence-electron chi connectivity index (χ3n) is 4.24. The normalized spacial score (nSPS) is 18.8. The second kappa shape index (κ2) is 6.71. The Balaban J connectivity index is 1.72. The lowest BCUT2D eigenvalue weighted by molar-refractivity contribution is 0.0359. The number of carbonyl (C=O) groups excluding carboxylic acids is 1. The molecule has 1 aliphatic carbocycles. The van der Waals surface area contributed by atoms with E-state index >= 15 is 0 Å². The highest BCUT2D eigenvalue weighted by Crippen LogP contribution is 2.26. The second-order valence-corrected chi connectivity index (χ2v) is 6.49. The molecule has 0 radical (unpaired) electrons. The summed E-state index contributed by atoms with van der Waals surface area (Å²) in [4.78, 5) is 14.2. The van der Waals surface area contributed by atoms with Crippen molar-refractivity contribution in [2.24, 2.45) is 0 Å². The molecule has 124 valence electrons. The number of furan rings is 1. The zero-order chi connectivity index (χ0) is 16.3. The third-order valence-corrected chi connectivity index (χ3v) is 4.24. The van der Waals surface area contributed by atoms with Crippen LogP contribution in [0.15, 0.2) is 16.5 Å². The van der Waals surface area contributed by atoms with Crippen molar-refractivity contribution in [2.75, 3.05) is 20.1 Å². The van der Waals surface area contributed by atoms with E-state index < -0.39 is 5.60 Å². The molecule has 6 heteroatoms. The average molecular weight is 309 g/mol. The van der Waals surface area contributed by atoms with Crippen LogP contribution in [-0.2, 0) is 5.60 Å². The van der Waals surface area contributed by atoms with Crippen LogP contribution in [0.1, 0.15) is 38.2 Å². The molecule has 22 heavy (non-hydrogen) atoms. The number of urea groups is 1. The summed E-state index contributed by atoms with van der Waals surface area (Å²) < 4.78 is 5.42. The molecule has 2 amide bonds. The Kier molecular flexibility index (Phi) is 5.13. The summed E-state index contributed by atoms with van der Waals surface area (Å²) in [6.45, 7) is 6.21. The number of hydrogen-bond donors (Lipinski definition) is 3. The van der Waals surface area contributed by atoms with Gasteiger partial charge < -0.3 is 20.2 Å². The summed E-state index contributed by atoms with van der Waals surface area (Å²) in [7, 11) is 2.09. The van der Waals surface area contributed by atoms with Crippen LogP contribution in [0.25, 0.3) is 0 Å². The lowest BCUT2D eigenvalue weighted by Gasteiger charge is -2.25. The van der Waals surface area contributed by atoms with Crippen LogP contribution in [0.2, 0.25) is 0 Å². The van der Waals surface area contributed by atoms with Crippen LogP contribution >= 0.6 is 0 Å². The topological polar surface area (TPSA) is 77.7 Å². The minimum absolute atomic E-state index is 0.0959. The van der Waals surface area contributed by atoms with Gasteiger partial charge in [0.2, 0.25) is 0 Å². The number of aliphatic hydroxyl groups is 1. The molecule has 1 aromatic rings. The van der Waals surface area contributed by atoms with Crippen LogP contribution in [0.3, 0.4) is 0 Å². The molecule has 1 aliphatic rings. The first kappa shape index (κ1) is 16.8. The van der Waals surface area contributed by atoms with Gasteiger partial charge in [-0.2, -0.15) is 0 Å². The fourth-order valence-corrected chi connectivity index (χ4v) is 2.35. The molecule has 1 heterocycles. The number of nitrogens with one attached hydrogen (secondary N) is 2. The molecule has 0 bridgehead atoms. The molecule has 3 N–H and O–H groups in total. The van der Waals surface area contributed by atoms with Crippen LogP contribution in [0.5, 0.6) is 0 Å². The van der Waals surface area contributed by atoms with Crippen LogP contribution < -0.4 is 10.6 Å². The van der Waals surface area contributed by atoms with Crippen LogP contribution in [0.4, 0.5) is 4.79 Å². The van der Waals surface area contributed by atoms with Crippen LogP contribution in [0, 0.1) is 6.92 Å². The monoisotopic (exact) mass is 309 g/mol. The van der Waals surface area contributed by atoms with E-state index in [1.165, 1.54) is 12.8 Å². The Morgan fingerprint density at radius 1 is 1.50 bits per heavy atom. The van der Waals surface area contributed by atoms with Gasteiger partial charge in [0.05, 0.1) is 6.54 Å². The van der Waals surface area contributed by atoms with Gasteiger partial charge in [0.1, 0.15) is 17.1 Å². The van der Waals surface area contributed by atoms with Crippen molar-refractivity contribution in [3.63, 3.8) is 0 Å². The van der Waals surface area contributed by atoms with Gasteiger partial charge in [-0.1, -0.05) is 0 Å². The highest BCUT2D eigenvalue weighted by molar-refractivity contribution is 5.73. The number of carbonyl (C=O) groups is 1. The number of amides is 2. The van der Waals surface area contributed by atoms with Crippen LogP contribution in [-0.4, -0.2) is 48.3 Å². The van der Waals surface area contributed by atoms with E-state index in [4.69, 9.17) is 4.42 Å². The highest BCUT2D eigenvalue weighted by atomic mass is 16.4. The fourth-order valence-electron chi connectivity index (χ4n) is 2.35. The maximum atomic E-state index is 11.9. The van der Waals surface area contributed by atoms with Crippen molar-refractivity contribution in [3.8, 4) is 0 Å². The second-order valence-electron chi connectivity index (χ2n) is 6.49. The first-order chi connectivity index (χ1) is 10.3. The predicted molar refractivity (Wildman–Crippen MR) is 84.7 cm³/mol. The van der Waals surface area contributed by atoms with E-state index in [0.29, 0.717) is 24.4 Å². The standard InChI is InChI=1S/C16H27N3O3/c1-11(19(4)13-6-7-13)9-17-15(20)18-10-16(3,21)14-8-5-12(2)22-14/h5,8,11,13,21H,6-7,9-10H2,1-4H3,(H2,17,18,20). The first-order valence-electron chi connectivity index (χ1n) is 7.82. The molecular formula is C16H27N3O3. The Morgan fingerprint density at radius 3 is 2.73 bits per heavy atom. The van der Waals surface area contributed by atoms with E-state index in [2.05, 4.69) is 29.5 Å². The zero-order valence-electron chi connectivity index (χ0n) is 13.8. The Bertz CT molecular complexity index is 508. The number of rotatable bonds is 7. The van der Waals surface area contributed by atoms with Crippen molar-refractivity contribution in [1.82, 2.24) is 15.5 Å². The van der Waals surface area contributed by atoms with Gasteiger partial charge in [-0.25, -0.2) is 4.79 Å². The molecule has 0 spiro atoms. The Hall–Kier alpha value is -1.53. The molecule has 6 nitrogen and oxygen atoms in total. The van der Waals surface area contributed by atoms with Gasteiger partial charge in [0, 0.05) is 18.6 Å². The molecule has 1 aromatic heterocycles. The van der Waals surface area contributed by atoms with Crippen molar-refractivity contribution in [3.05, 3.63) is 23.7 Å². The summed E-state index contributed by atoms with van der Waals surface area (Å²) in [5, 5.41) is 15.9. The smallest absolute Gasteiger partial charge is 0.314 e. The molecule has 0 saturated heterocycles. The Morgan fingerprint density at radius 2 is 2.18 bits per heavy atom. The highest BCUT2D eigenvalue weighted by Gasteiger charge is 2.30. The number of hydrogen-bond acceptors (Lipinski definition) is 4. The van der Waals surface area contributed by atoms with Gasteiger partial charge in [-0.3, -0.25) is 4.90 Å². The maximum Gasteiger partial charge on any atom is 0.314 e. The summed E-state index contributed by atoms with van der Waals surface area (Å²) in [5.74, 6) is 1.18. The molecule has 2 unspecified atom stereocenters. The van der Waals surface area contributed by atoms with Gasteiger partial charge in [0.15, 0.2) is 0 Å². The summed E-state index contributed by atoms with van der Waals surface area (Å²) in [6, 6.07) is 4.20. The molecule has 1 saturated carbocycles. The summed E-state index contributed by atoms with van der Waals surface area (Å²) in [5.41, 5.74) is -1.22. The van der Waals surface area contributed by atoms with E-state index in [9.17, 15) is 9.90 Å². The van der Waals surface area contributed by atoms with Gasteiger partial charge in [-0.05, 0) is 52.8 Å². The number of aryl methyl sites for hydroxylation is 1. The summed E-state index contributed by atoms with van der Waals surface area (Å²) in [6.07, 6.45) is 2.50. The third kappa shape index (κ3) is 4.48.